The highest BCUT2D eigenvalue weighted by atomic mass is 32.2. The van der Waals surface area contributed by atoms with Gasteiger partial charge in [0, 0.05) is 42.6 Å². The standard InChI is InChI=1S/C29H33N5O3S/c1-29(2,30)16-25(35)33-26-27(36)34(18-21-8-4-7-11-24(21)38-26)17-19-12-14-20(15-13-19)22-9-5-6-10-23(22)32-28(37)31-3/h4-15,26H,16-18,30H2,1-3H3,(H,33,35)(H2,31,32,37)/t26-/m1/s1. The van der Waals surface area contributed by atoms with E-state index in [2.05, 4.69) is 16.0 Å². The number of amides is 4. The van der Waals surface area contributed by atoms with Gasteiger partial charge in [-0.15, -0.1) is 0 Å². The number of hydrogen-bond donors (Lipinski definition) is 4. The van der Waals surface area contributed by atoms with Gasteiger partial charge in [-0.1, -0.05) is 72.4 Å². The van der Waals surface area contributed by atoms with E-state index in [1.807, 2.05) is 72.8 Å². The number of nitrogens with zero attached hydrogens (tertiary/aromatic N) is 1. The van der Waals surface area contributed by atoms with E-state index in [0.717, 1.165) is 27.1 Å². The molecule has 198 valence electrons. The van der Waals surface area contributed by atoms with Crippen LogP contribution in [0.25, 0.3) is 11.1 Å². The van der Waals surface area contributed by atoms with Crippen molar-refractivity contribution in [1.29, 1.82) is 0 Å². The smallest absolute Gasteiger partial charge is 0.318 e. The molecule has 8 nitrogen and oxygen atoms in total. The molecule has 4 rings (SSSR count). The quantitative estimate of drug-likeness (QED) is 0.363. The SMILES string of the molecule is CNC(=O)Nc1ccccc1-c1ccc(CN2Cc3ccccc3S[C@@H](NC(=O)CC(C)(C)N)C2=O)cc1. The highest BCUT2D eigenvalue weighted by Gasteiger charge is 2.32. The van der Waals surface area contributed by atoms with E-state index in [4.69, 9.17) is 5.73 Å². The van der Waals surface area contributed by atoms with Gasteiger partial charge in [0.2, 0.25) is 5.91 Å². The number of rotatable bonds is 7. The van der Waals surface area contributed by atoms with Gasteiger partial charge in [-0.3, -0.25) is 9.59 Å². The van der Waals surface area contributed by atoms with E-state index in [9.17, 15) is 14.4 Å². The maximum atomic E-state index is 13.6. The van der Waals surface area contributed by atoms with E-state index >= 15 is 0 Å². The first-order valence-electron chi connectivity index (χ1n) is 12.4. The Morgan fingerprint density at radius 1 is 1.03 bits per heavy atom. The Kier molecular flexibility index (Phi) is 8.38. The number of thioether (sulfide) groups is 1. The molecule has 5 N–H and O–H groups in total. The van der Waals surface area contributed by atoms with E-state index in [1.165, 1.54) is 11.8 Å². The fourth-order valence-electron chi connectivity index (χ4n) is 4.25. The molecule has 0 unspecified atom stereocenters. The number of benzene rings is 3. The third-order valence-electron chi connectivity index (χ3n) is 6.06. The van der Waals surface area contributed by atoms with Crippen LogP contribution >= 0.6 is 11.8 Å². The predicted octanol–water partition coefficient (Wildman–Crippen LogP) is 4.31. The Morgan fingerprint density at radius 3 is 2.42 bits per heavy atom. The topological polar surface area (TPSA) is 117 Å². The molecule has 9 heteroatoms. The number of fused-ring (bicyclic) bond motifs is 1. The van der Waals surface area contributed by atoms with E-state index in [-0.39, 0.29) is 24.3 Å². The minimum atomic E-state index is -0.740. The first kappa shape index (κ1) is 27.2. The minimum Gasteiger partial charge on any atom is -0.341 e. The van der Waals surface area contributed by atoms with E-state index in [1.54, 1.807) is 25.8 Å². The number of carbonyl (C=O) groups is 3. The second-order valence-corrected chi connectivity index (χ2v) is 11.1. The molecule has 0 saturated carbocycles. The van der Waals surface area contributed by atoms with Crippen LogP contribution in [0.3, 0.4) is 0 Å². The van der Waals surface area contributed by atoms with Gasteiger partial charge in [-0.2, -0.15) is 0 Å². The number of nitrogens with one attached hydrogen (secondary N) is 3. The van der Waals surface area contributed by atoms with Crippen molar-refractivity contribution in [1.82, 2.24) is 15.5 Å². The van der Waals surface area contributed by atoms with E-state index in [0.29, 0.717) is 18.8 Å². The third kappa shape index (κ3) is 6.93. The molecule has 0 radical (unpaired) electrons. The van der Waals surface area contributed by atoms with E-state index < -0.39 is 10.9 Å². The molecule has 38 heavy (non-hydrogen) atoms. The number of carbonyl (C=O) groups excluding carboxylic acids is 3. The molecule has 1 aliphatic rings. The molecule has 1 heterocycles. The van der Waals surface area contributed by atoms with Crippen LogP contribution in [0, 0.1) is 0 Å². The normalized spacial score (nSPS) is 15.3. The lowest BCUT2D eigenvalue weighted by molar-refractivity contribution is -0.135. The predicted molar refractivity (Wildman–Crippen MR) is 151 cm³/mol. The molecule has 0 aromatic heterocycles. The maximum Gasteiger partial charge on any atom is 0.318 e. The number of anilines is 1. The van der Waals surface area contributed by atoms with Crippen LogP contribution in [0.15, 0.2) is 77.7 Å². The Hall–Kier alpha value is -3.82. The first-order valence-corrected chi connectivity index (χ1v) is 13.3. The molecular weight excluding hydrogens is 498 g/mol. The average Bonchev–Trinajstić information content (AvgIpc) is 3.00. The summed E-state index contributed by atoms with van der Waals surface area (Å²) in [5.41, 5.74) is 9.88. The molecule has 0 aliphatic carbocycles. The Morgan fingerprint density at radius 2 is 1.71 bits per heavy atom. The fraction of sp³-hybridized carbons (Fsp3) is 0.276. The van der Waals surface area contributed by atoms with Crippen molar-refractivity contribution in [2.75, 3.05) is 12.4 Å². The zero-order valence-corrected chi connectivity index (χ0v) is 22.6. The van der Waals surface area contributed by atoms with Gasteiger partial charge in [0.05, 0.1) is 5.69 Å². The van der Waals surface area contributed by atoms with Crippen molar-refractivity contribution in [3.8, 4) is 11.1 Å². The lowest BCUT2D eigenvalue weighted by Crippen LogP contribution is -2.47. The van der Waals surface area contributed by atoms with Crippen molar-refractivity contribution in [3.63, 3.8) is 0 Å². The Balaban J connectivity index is 1.55. The number of hydrogen-bond acceptors (Lipinski definition) is 5. The maximum absolute atomic E-state index is 13.6. The summed E-state index contributed by atoms with van der Waals surface area (Å²) in [6.45, 7) is 4.40. The monoisotopic (exact) mass is 531 g/mol. The van der Waals surface area contributed by atoms with Crippen LogP contribution in [0.4, 0.5) is 10.5 Å². The molecule has 1 atom stereocenters. The molecule has 0 fully saturated rings. The van der Waals surface area contributed by atoms with Crippen molar-refractivity contribution in [2.45, 2.75) is 49.2 Å². The molecule has 4 amide bonds. The Labute approximate surface area is 227 Å². The summed E-state index contributed by atoms with van der Waals surface area (Å²) in [7, 11) is 1.57. The number of nitrogens with two attached hydrogens (primary N) is 1. The molecule has 0 saturated heterocycles. The van der Waals surface area contributed by atoms with Crippen molar-refractivity contribution in [3.05, 3.63) is 83.9 Å². The van der Waals surface area contributed by atoms with Gasteiger partial charge in [0.15, 0.2) is 5.37 Å². The summed E-state index contributed by atoms with van der Waals surface area (Å²) in [5.74, 6) is -0.408. The van der Waals surface area contributed by atoms with Crippen LogP contribution in [0.5, 0.6) is 0 Å². The third-order valence-corrected chi connectivity index (χ3v) is 7.27. The van der Waals surface area contributed by atoms with Gasteiger partial charge in [-0.25, -0.2) is 4.79 Å². The lowest BCUT2D eigenvalue weighted by atomic mass is 10.0. The molecule has 3 aromatic rings. The van der Waals surface area contributed by atoms with Crippen LogP contribution in [0.2, 0.25) is 0 Å². The molecule has 0 spiro atoms. The fourth-order valence-corrected chi connectivity index (χ4v) is 5.39. The van der Waals surface area contributed by atoms with Crippen LogP contribution in [-0.2, 0) is 22.7 Å². The molecular formula is C29H33N5O3S. The average molecular weight is 532 g/mol. The minimum absolute atomic E-state index is 0.122. The second-order valence-electron chi connectivity index (χ2n) is 9.98. The molecule has 0 bridgehead atoms. The Bertz CT molecular complexity index is 1320. The van der Waals surface area contributed by atoms with Crippen LogP contribution in [-0.4, -0.2) is 40.7 Å². The van der Waals surface area contributed by atoms with Crippen molar-refractivity contribution >= 4 is 35.3 Å². The van der Waals surface area contributed by atoms with Crippen molar-refractivity contribution < 1.29 is 14.4 Å². The highest BCUT2D eigenvalue weighted by Crippen LogP contribution is 2.33. The lowest BCUT2D eigenvalue weighted by Gasteiger charge is -2.26. The number of para-hydroxylation sites is 1. The van der Waals surface area contributed by atoms with Gasteiger partial charge in [0.1, 0.15) is 0 Å². The van der Waals surface area contributed by atoms with Gasteiger partial charge < -0.3 is 26.6 Å². The number of urea groups is 1. The largest absolute Gasteiger partial charge is 0.341 e. The second kappa shape index (κ2) is 11.7. The first-order chi connectivity index (χ1) is 18.1. The van der Waals surface area contributed by atoms with Gasteiger partial charge in [-0.05, 0) is 42.7 Å². The van der Waals surface area contributed by atoms with Crippen LogP contribution in [0.1, 0.15) is 31.4 Å². The zero-order valence-electron chi connectivity index (χ0n) is 21.8. The summed E-state index contributed by atoms with van der Waals surface area (Å²) in [6.07, 6.45) is 0.122. The summed E-state index contributed by atoms with van der Waals surface area (Å²) >= 11 is 1.36. The summed E-state index contributed by atoms with van der Waals surface area (Å²) < 4.78 is 0. The highest BCUT2D eigenvalue weighted by molar-refractivity contribution is 8.00. The van der Waals surface area contributed by atoms with Crippen molar-refractivity contribution in [2.24, 2.45) is 5.73 Å². The molecule has 3 aromatic carbocycles. The zero-order chi connectivity index (χ0) is 27.3. The van der Waals surface area contributed by atoms with Gasteiger partial charge in [0.25, 0.3) is 5.91 Å². The summed E-state index contributed by atoms with van der Waals surface area (Å²) in [6, 6.07) is 23.1. The van der Waals surface area contributed by atoms with Gasteiger partial charge >= 0.3 is 6.03 Å². The summed E-state index contributed by atoms with van der Waals surface area (Å²) in [4.78, 5) is 40.8. The molecule has 1 aliphatic heterocycles. The van der Waals surface area contributed by atoms with Crippen LogP contribution < -0.4 is 21.7 Å². The summed E-state index contributed by atoms with van der Waals surface area (Å²) in [5, 5.41) is 7.57.